The number of benzene rings is 1. The molecule has 0 saturated heterocycles. The summed E-state index contributed by atoms with van der Waals surface area (Å²) in [5.41, 5.74) is 3.35. The van der Waals surface area contributed by atoms with Crippen LogP contribution in [0.25, 0.3) is 0 Å². The summed E-state index contributed by atoms with van der Waals surface area (Å²) in [5, 5.41) is 9.96. The highest BCUT2D eigenvalue weighted by molar-refractivity contribution is 5.42. The summed E-state index contributed by atoms with van der Waals surface area (Å²) in [5.74, 6) is 0.902. The van der Waals surface area contributed by atoms with Gasteiger partial charge in [0.05, 0.1) is 6.10 Å². The Hall–Kier alpha value is -1.02. The Kier molecular flexibility index (Phi) is 4.21. The second-order valence-corrected chi connectivity index (χ2v) is 5.92. The zero-order chi connectivity index (χ0) is 13.2. The zero-order valence-electron chi connectivity index (χ0n) is 11.8. The van der Waals surface area contributed by atoms with Crippen LogP contribution in [0.3, 0.4) is 0 Å². The maximum absolute atomic E-state index is 9.96. The third kappa shape index (κ3) is 3.74. The third-order valence-corrected chi connectivity index (χ3v) is 2.99. The molecular formula is C15H24O2. The minimum atomic E-state index is -0.456. The molecule has 1 N–H and O–H groups in total. The van der Waals surface area contributed by atoms with Gasteiger partial charge >= 0.3 is 0 Å². The van der Waals surface area contributed by atoms with Crippen molar-refractivity contribution in [3.63, 3.8) is 0 Å². The number of aryl methyl sites for hydroxylation is 3. The second-order valence-electron chi connectivity index (χ2n) is 5.92. The number of hydrogen-bond acceptors (Lipinski definition) is 2. The van der Waals surface area contributed by atoms with Gasteiger partial charge in [-0.3, -0.25) is 0 Å². The fourth-order valence-corrected chi connectivity index (χ4v) is 1.81. The Morgan fingerprint density at radius 3 is 2.00 bits per heavy atom. The van der Waals surface area contributed by atoms with Crippen LogP contribution in [0.2, 0.25) is 0 Å². The molecule has 0 heterocycles. The van der Waals surface area contributed by atoms with E-state index in [9.17, 15) is 5.11 Å². The summed E-state index contributed by atoms with van der Waals surface area (Å²) in [4.78, 5) is 0. The molecular weight excluding hydrogens is 212 g/mol. The lowest BCUT2D eigenvalue weighted by Crippen LogP contribution is -2.32. The van der Waals surface area contributed by atoms with Crippen LogP contribution in [-0.2, 0) is 0 Å². The molecule has 1 aromatic carbocycles. The summed E-state index contributed by atoms with van der Waals surface area (Å²) < 4.78 is 5.76. The average molecular weight is 236 g/mol. The molecule has 1 rings (SSSR count). The van der Waals surface area contributed by atoms with Crippen molar-refractivity contribution in [3.05, 3.63) is 28.8 Å². The first-order valence-corrected chi connectivity index (χ1v) is 6.10. The fourth-order valence-electron chi connectivity index (χ4n) is 1.81. The number of ether oxygens (including phenoxy) is 1. The van der Waals surface area contributed by atoms with Gasteiger partial charge in [-0.2, -0.15) is 0 Å². The van der Waals surface area contributed by atoms with Gasteiger partial charge in [0.1, 0.15) is 12.4 Å². The van der Waals surface area contributed by atoms with E-state index in [1.165, 1.54) is 5.56 Å². The van der Waals surface area contributed by atoms with Crippen LogP contribution < -0.4 is 4.74 Å². The predicted molar refractivity (Wildman–Crippen MR) is 71.6 cm³/mol. The fraction of sp³-hybridized carbons (Fsp3) is 0.600. The van der Waals surface area contributed by atoms with Crippen LogP contribution >= 0.6 is 0 Å². The quantitative estimate of drug-likeness (QED) is 0.871. The van der Waals surface area contributed by atoms with E-state index in [1.54, 1.807) is 0 Å². The topological polar surface area (TPSA) is 29.5 Å². The van der Waals surface area contributed by atoms with Crippen molar-refractivity contribution in [2.75, 3.05) is 6.61 Å². The van der Waals surface area contributed by atoms with Gasteiger partial charge in [0.2, 0.25) is 0 Å². The summed E-state index contributed by atoms with van der Waals surface area (Å²) in [7, 11) is 0. The summed E-state index contributed by atoms with van der Waals surface area (Å²) in [6.45, 7) is 12.5. The van der Waals surface area contributed by atoms with Gasteiger partial charge in [-0.15, -0.1) is 0 Å². The van der Waals surface area contributed by atoms with E-state index in [2.05, 4.69) is 19.1 Å². The molecule has 0 radical (unpaired) electrons. The number of aliphatic hydroxyl groups is 1. The largest absolute Gasteiger partial charge is 0.490 e. The van der Waals surface area contributed by atoms with E-state index >= 15 is 0 Å². The molecule has 2 nitrogen and oxygen atoms in total. The lowest BCUT2D eigenvalue weighted by atomic mass is 9.90. The van der Waals surface area contributed by atoms with Crippen LogP contribution in [-0.4, -0.2) is 17.8 Å². The average Bonchev–Trinajstić information content (AvgIpc) is 2.13. The molecule has 0 aromatic heterocycles. The Labute approximate surface area is 105 Å². The Morgan fingerprint density at radius 1 is 1.12 bits per heavy atom. The first kappa shape index (κ1) is 14.0. The van der Waals surface area contributed by atoms with Crippen molar-refractivity contribution in [1.82, 2.24) is 0 Å². The van der Waals surface area contributed by atoms with Crippen molar-refractivity contribution in [2.24, 2.45) is 5.41 Å². The lowest BCUT2D eigenvalue weighted by molar-refractivity contribution is 0.0214. The van der Waals surface area contributed by atoms with E-state index in [1.807, 2.05) is 34.6 Å². The van der Waals surface area contributed by atoms with E-state index in [0.717, 1.165) is 16.9 Å². The predicted octanol–water partition coefficient (Wildman–Crippen LogP) is 3.40. The minimum absolute atomic E-state index is 0.146. The van der Waals surface area contributed by atoms with Gasteiger partial charge in [-0.1, -0.05) is 38.5 Å². The molecule has 0 bridgehead atoms. The number of aliphatic hydroxyl groups excluding tert-OH is 1. The summed E-state index contributed by atoms with van der Waals surface area (Å²) in [6, 6.07) is 4.21. The molecule has 0 aliphatic carbocycles. The van der Waals surface area contributed by atoms with Crippen LogP contribution in [0.5, 0.6) is 5.75 Å². The van der Waals surface area contributed by atoms with E-state index in [-0.39, 0.29) is 5.41 Å². The minimum Gasteiger partial charge on any atom is -0.490 e. The molecule has 96 valence electrons. The van der Waals surface area contributed by atoms with Crippen LogP contribution in [0.15, 0.2) is 12.1 Å². The maximum Gasteiger partial charge on any atom is 0.125 e. The molecule has 2 heteroatoms. The van der Waals surface area contributed by atoms with Crippen molar-refractivity contribution in [2.45, 2.75) is 47.6 Å². The molecule has 1 aromatic rings. The third-order valence-electron chi connectivity index (χ3n) is 2.99. The summed E-state index contributed by atoms with van der Waals surface area (Å²) >= 11 is 0. The molecule has 0 aliphatic heterocycles. The maximum atomic E-state index is 9.96. The van der Waals surface area contributed by atoms with Crippen LogP contribution in [0, 0.1) is 26.2 Å². The lowest BCUT2D eigenvalue weighted by Gasteiger charge is -2.26. The normalized spacial score (nSPS) is 13.6. The van der Waals surface area contributed by atoms with Gasteiger partial charge < -0.3 is 9.84 Å². The molecule has 0 spiro atoms. The smallest absolute Gasteiger partial charge is 0.125 e. The van der Waals surface area contributed by atoms with E-state index < -0.39 is 6.10 Å². The monoisotopic (exact) mass is 236 g/mol. The van der Waals surface area contributed by atoms with Crippen LogP contribution in [0.4, 0.5) is 0 Å². The molecule has 1 unspecified atom stereocenters. The molecule has 0 saturated carbocycles. The number of hydrogen-bond donors (Lipinski definition) is 1. The Balaban J connectivity index is 2.77. The van der Waals surface area contributed by atoms with Crippen LogP contribution in [0.1, 0.15) is 37.5 Å². The van der Waals surface area contributed by atoms with Crippen molar-refractivity contribution in [3.8, 4) is 5.75 Å². The number of rotatable bonds is 3. The van der Waals surface area contributed by atoms with Crippen molar-refractivity contribution >= 4 is 0 Å². The van der Waals surface area contributed by atoms with Gasteiger partial charge in [0.25, 0.3) is 0 Å². The standard InChI is InChI=1S/C15H24O2/c1-10-7-11(2)14(12(3)8-10)17-9-13(16)15(4,5)6/h7-8,13,16H,9H2,1-6H3. The highest BCUT2D eigenvalue weighted by Gasteiger charge is 2.23. The first-order valence-electron chi connectivity index (χ1n) is 6.10. The highest BCUT2D eigenvalue weighted by Crippen LogP contribution is 2.26. The van der Waals surface area contributed by atoms with Gasteiger partial charge in [0, 0.05) is 0 Å². The Bertz CT molecular complexity index is 365. The zero-order valence-corrected chi connectivity index (χ0v) is 11.8. The molecule has 0 amide bonds. The van der Waals surface area contributed by atoms with Gasteiger partial charge in [-0.05, 0) is 37.3 Å². The highest BCUT2D eigenvalue weighted by atomic mass is 16.5. The SMILES string of the molecule is Cc1cc(C)c(OCC(O)C(C)(C)C)c(C)c1. The van der Waals surface area contributed by atoms with E-state index in [0.29, 0.717) is 6.61 Å². The molecule has 17 heavy (non-hydrogen) atoms. The molecule has 1 atom stereocenters. The van der Waals surface area contributed by atoms with Gasteiger partial charge in [-0.25, -0.2) is 0 Å². The van der Waals surface area contributed by atoms with E-state index in [4.69, 9.17) is 4.74 Å². The Morgan fingerprint density at radius 2 is 1.59 bits per heavy atom. The van der Waals surface area contributed by atoms with Crippen molar-refractivity contribution < 1.29 is 9.84 Å². The first-order chi connectivity index (χ1) is 7.71. The van der Waals surface area contributed by atoms with Gasteiger partial charge in [0.15, 0.2) is 0 Å². The second kappa shape index (κ2) is 5.09. The molecule has 0 fully saturated rings. The molecule has 0 aliphatic rings. The van der Waals surface area contributed by atoms with Crippen molar-refractivity contribution in [1.29, 1.82) is 0 Å². The summed E-state index contributed by atoms with van der Waals surface area (Å²) in [6.07, 6.45) is -0.456.